The number of amides is 1. The maximum atomic E-state index is 12.4. The highest BCUT2D eigenvalue weighted by molar-refractivity contribution is 5.99. The normalized spacial score (nSPS) is 15.7. The lowest BCUT2D eigenvalue weighted by Crippen LogP contribution is -2.33. The van der Waals surface area contributed by atoms with Gasteiger partial charge in [-0.1, -0.05) is 12.8 Å². The number of nitrogens with zero attached hydrogens (tertiary/aromatic N) is 1. The lowest BCUT2D eigenvalue weighted by atomic mass is 10.2. The molecule has 4 nitrogen and oxygen atoms in total. The molecular formula is C16H20N2O2. The molecule has 106 valence electrons. The fourth-order valence-corrected chi connectivity index (χ4v) is 2.98. The molecule has 1 heterocycles. The Morgan fingerprint density at radius 1 is 1.30 bits per heavy atom. The monoisotopic (exact) mass is 272 g/mol. The summed E-state index contributed by atoms with van der Waals surface area (Å²) in [5, 5.41) is 4.19. The number of carbonyl (C=O) groups is 1. The molecule has 1 amide bonds. The third kappa shape index (κ3) is 2.26. The number of benzene rings is 1. The zero-order valence-electron chi connectivity index (χ0n) is 12.0. The molecule has 0 aliphatic heterocycles. The summed E-state index contributed by atoms with van der Waals surface area (Å²) < 4.78 is 7.17. The van der Waals surface area contributed by atoms with Gasteiger partial charge in [0.15, 0.2) is 0 Å². The van der Waals surface area contributed by atoms with Crippen LogP contribution in [0.15, 0.2) is 24.3 Å². The minimum absolute atomic E-state index is 0.0227. The van der Waals surface area contributed by atoms with Gasteiger partial charge in [-0.2, -0.15) is 0 Å². The van der Waals surface area contributed by atoms with Gasteiger partial charge in [0.1, 0.15) is 11.4 Å². The van der Waals surface area contributed by atoms with Gasteiger partial charge in [0.2, 0.25) is 0 Å². The lowest BCUT2D eigenvalue weighted by molar-refractivity contribution is 0.0930. The Balaban J connectivity index is 1.90. The average Bonchev–Trinajstić information content (AvgIpc) is 3.07. The molecule has 1 N–H and O–H groups in total. The third-order valence-electron chi connectivity index (χ3n) is 4.18. The van der Waals surface area contributed by atoms with Crippen LogP contribution in [0.5, 0.6) is 5.75 Å². The van der Waals surface area contributed by atoms with Crippen LogP contribution in [0.3, 0.4) is 0 Å². The van der Waals surface area contributed by atoms with Crippen LogP contribution in [0.2, 0.25) is 0 Å². The molecule has 3 rings (SSSR count). The first-order chi connectivity index (χ1) is 9.69. The Hall–Kier alpha value is -1.97. The molecule has 0 unspecified atom stereocenters. The molecule has 4 heteroatoms. The maximum absolute atomic E-state index is 12.4. The van der Waals surface area contributed by atoms with Gasteiger partial charge in [0.25, 0.3) is 5.91 Å². The zero-order valence-corrected chi connectivity index (χ0v) is 12.0. The number of aromatic nitrogens is 1. The molecule has 1 aliphatic rings. The molecule has 1 saturated carbocycles. The number of hydrogen-bond acceptors (Lipinski definition) is 2. The first-order valence-corrected chi connectivity index (χ1v) is 7.13. The standard InChI is InChI=1S/C16H20N2O2/c1-18-14-10-13(20-2)8-7-11(14)9-15(18)16(19)17-12-5-3-4-6-12/h7-10,12H,3-6H2,1-2H3,(H,17,19). The second kappa shape index (κ2) is 5.19. The molecule has 20 heavy (non-hydrogen) atoms. The van der Waals surface area contributed by atoms with Crippen LogP contribution in [0.4, 0.5) is 0 Å². The van der Waals surface area contributed by atoms with E-state index in [9.17, 15) is 4.79 Å². The lowest BCUT2D eigenvalue weighted by Gasteiger charge is -2.12. The van der Waals surface area contributed by atoms with E-state index in [2.05, 4.69) is 5.32 Å². The molecule has 0 radical (unpaired) electrons. The molecular weight excluding hydrogens is 252 g/mol. The number of fused-ring (bicyclic) bond motifs is 1. The predicted octanol–water partition coefficient (Wildman–Crippen LogP) is 2.86. The fraction of sp³-hybridized carbons (Fsp3) is 0.438. The minimum Gasteiger partial charge on any atom is -0.497 e. The van der Waals surface area contributed by atoms with Crippen molar-refractivity contribution in [2.45, 2.75) is 31.7 Å². The summed E-state index contributed by atoms with van der Waals surface area (Å²) in [7, 11) is 3.57. The average molecular weight is 272 g/mol. The topological polar surface area (TPSA) is 43.3 Å². The summed E-state index contributed by atoms with van der Waals surface area (Å²) in [4.78, 5) is 12.4. The highest BCUT2D eigenvalue weighted by Crippen LogP contribution is 2.24. The maximum Gasteiger partial charge on any atom is 0.268 e. The van der Waals surface area contributed by atoms with E-state index in [1.165, 1.54) is 12.8 Å². The summed E-state index contributed by atoms with van der Waals surface area (Å²) >= 11 is 0. The predicted molar refractivity (Wildman–Crippen MR) is 79.2 cm³/mol. The van der Waals surface area contributed by atoms with Gasteiger partial charge in [0.05, 0.1) is 12.6 Å². The SMILES string of the molecule is COc1ccc2cc(C(=O)NC3CCCC3)n(C)c2c1. The Bertz CT molecular complexity index is 639. The van der Waals surface area contributed by atoms with E-state index < -0.39 is 0 Å². The van der Waals surface area contributed by atoms with Gasteiger partial charge in [-0.15, -0.1) is 0 Å². The molecule has 1 aromatic heterocycles. The van der Waals surface area contributed by atoms with Gasteiger partial charge >= 0.3 is 0 Å². The van der Waals surface area contributed by atoms with Crippen molar-refractivity contribution >= 4 is 16.8 Å². The van der Waals surface area contributed by atoms with E-state index in [1.807, 2.05) is 35.9 Å². The van der Waals surface area contributed by atoms with Crippen molar-refractivity contribution in [2.24, 2.45) is 7.05 Å². The second-order valence-corrected chi connectivity index (χ2v) is 5.47. The van der Waals surface area contributed by atoms with Gasteiger partial charge in [-0.25, -0.2) is 0 Å². The van der Waals surface area contributed by atoms with E-state index in [-0.39, 0.29) is 5.91 Å². The summed E-state index contributed by atoms with van der Waals surface area (Å²) in [6.07, 6.45) is 4.64. The molecule has 2 aromatic rings. The summed E-state index contributed by atoms with van der Waals surface area (Å²) in [6, 6.07) is 8.15. The van der Waals surface area contributed by atoms with E-state index in [0.29, 0.717) is 11.7 Å². The minimum atomic E-state index is 0.0227. The molecule has 1 aromatic carbocycles. The number of hydrogen-bond donors (Lipinski definition) is 1. The molecule has 0 saturated heterocycles. The summed E-state index contributed by atoms with van der Waals surface area (Å²) in [5.41, 5.74) is 1.72. The van der Waals surface area contributed by atoms with Gasteiger partial charge < -0.3 is 14.6 Å². The largest absolute Gasteiger partial charge is 0.497 e. The fourth-order valence-electron chi connectivity index (χ4n) is 2.98. The van der Waals surface area contributed by atoms with Crippen molar-refractivity contribution in [2.75, 3.05) is 7.11 Å². The highest BCUT2D eigenvalue weighted by Gasteiger charge is 2.20. The first kappa shape index (κ1) is 13.0. The van der Waals surface area contributed by atoms with Crippen molar-refractivity contribution in [3.05, 3.63) is 30.0 Å². The second-order valence-electron chi connectivity index (χ2n) is 5.47. The number of rotatable bonds is 3. The molecule has 1 aliphatic carbocycles. The van der Waals surface area contributed by atoms with Gasteiger partial charge in [-0.3, -0.25) is 4.79 Å². The van der Waals surface area contributed by atoms with E-state index in [4.69, 9.17) is 4.74 Å². The Labute approximate surface area is 118 Å². The smallest absolute Gasteiger partial charge is 0.268 e. The van der Waals surface area contributed by atoms with Crippen molar-refractivity contribution < 1.29 is 9.53 Å². The molecule has 1 fully saturated rings. The quantitative estimate of drug-likeness (QED) is 0.933. The third-order valence-corrected chi connectivity index (χ3v) is 4.18. The Morgan fingerprint density at radius 3 is 2.75 bits per heavy atom. The van der Waals surface area contributed by atoms with E-state index in [0.717, 1.165) is 29.5 Å². The van der Waals surface area contributed by atoms with Crippen molar-refractivity contribution in [1.29, 1.82) is 0 Å². The van der Waals surface area contributed by atoms with Crippen LogP contribution in [0, 0.1) is 0 Å². The molecule has 0 bridgehead atoms. The summed E-state index contributed by atoms with van der Waals surface area (Å²) in [6.45, 7) is 0. The zero-order chi connectivity index (χ0) is 14.1. The van der Waals surface area contributed by atoms with E-state index in [1.54, 1.807) is 7.11 Å². The Morgan fingerprint density at radius 2 is 2.05 bits per heavy atom. The van der Waals surface area contributed by atoms with Crippen LogP contribution in [0.25, 0.3) is 10.9 Å². The van der Waals surface area contributed by atoms with Gasteiger partial charge in [0, 0.05) is 24.5 Å². The van der Waals surface area contributed by atoms with E-state index >= 15 is 0 Å². The first-order valence-electron chi connectivity index (χ1n) is 7.13. The van der Waals surface area contributed by atoms with Crippen molar-refractivity contribution in [3.8, 4) is 5.75 Å². The van der Waals surface area contributed by atoms with Crippen LogP contribution >= 0.6 is 0 Å². The van der Waals surface area contributed by atoms with Crippen LogP contribution < -0.4 is 10.1 Å². The van der Waals surface area contributed by atoms with Crippen molar-refractivity contribution in [1.82, 2.24) is 9.88 Å². The van der Waals surface area contributed by atoms with Crippen LogP contribution in [0.1, 0.15) is 36.2 Å². The molecule has 0 atom stereocenters. The molecule has 0 spiro atoms. The number of ether oxygens (including phenoxy) is 1. The van der Waals surface area contributed by atoms with Crippen LogP contribution in [-0.2, 0) is 7.05 Å². The van der Waals surface area contributed by atoms with Crippen molar-refractivity contribution in [3.63, 3.8) is 0 Å². The Kier molecular flexibility index (Phi) is 3.38. The van der Waals surface area contributed by atoms with Crippen LogP contribution in [-0.4, -0.2) is 23.6 Å². The highest BCUT2D eigenvalue weighted by atomic mass is 16.5. The summed E-state index contributed by atoms with van der Waals surface area (Å²) in [5.74, 6) is 0.830. The number of nitrogens with one attached hydrogen (secondary N) is 1. The number of aryl methyl sites for hydroxylation is 1. The number of methoxy groups -OCH3 is 1. The number of carbonyl (C=O) groups excluding carboxylic acids is 1. The van der Waals surface area contributed by atoms with Gasteiger partial charge in [-0.05, 0) is 31.0 Å².